The summed E-state index contributed by atoms with van der Waals surface area (Å²) in [4.78, 5) is 25.6. The number of carbonyl (C=O) groups is 2. The van der Waals surface area contributed by atoms with Crippen molar-refractivity contribution in [2.75, 3.05) is 11.9 Å². The molecule has 9 heteroatoms. The smallest absolute Gasteiger partial charge is 0.333 e. The van der Waals surface area contributed by atoms with Gasteiger partial charge in [0.2, 0.25) is 0 Å². The highest BCUT2D eigenvalue weighted by Gasteiger charge is 2.46. The molecule has 0 aliphatic heterocycles. The van der Waals surface area contributed by atoms with Crippen LogP contribution >= 0.6 is 0 Å². The van der Waals surface area contributed by atoms with E-state index in [0.717, 1.165) is 85.1 Å². The number of nitrogens with one attached hydrogen (secondary N) is 4. The van der Waals surface area contributed by atoms with Gasteiger partial charge in [-0.25, -0.2) is 22.7 Å². The molecule has 0 aromatic heterocycles. The molecule has 5 atom stereocenters. The Morgan fingerprint density at radius 2 is 1.52 bits per heavy atom. The Morgan fingerprint density at radius 1 is 0.810 bits per heavy atom. The molecule has 2 aromatic rings. The lowest BCUT2D eigenvalue weighted by Crippen LogP contribution is -2.54. The molecule has 4 unspecified atom stereocenters. The fourth-order valence-electron chi connectivity index (χ4n) is 8.95. The van der Waals surface area contributed by atoms with E-state index in [1.807, 2.05) is 0 Å². The fourth-order valence-corrected chi connectivity index (χ4v) is 9.86. The van der Waals surface area contributed by atoms with Crippen LogP contribution in [0.5, 0.6) is 0 Å². The number of anilines is 1. The molecule has 224 valence electrons. The summed E-state index contributed by atoms with van der Waals surface area (Å²) in [6.07, 6.45) is 14.3. The van der Waals surface area contributed by atoms with Crippen LogP contribution in [0.4, 0.5) is 15.3 Å². The quantitative estimate of drug-likeness (QED) is 0.353. The minimum Gasteiger partial charge on any atom is -0.338 e. The largest absolute Gasteiger partial charge is 0.338 e. The molecule has 3 saturated carbocycles. The molecule has 7 rings (SSSR count). The monoisotopic (exact) mass is 590 g/mol. The third-order valence-corrected chi connectivity index (χ3v) is 12.1. The molecule has 0 spiro atoms. The van der Waals surface area contributed by atoms with Crippen molar-refractivity contribution >= 4 is 27.8 Å². The van der Waals surface area contributed by atoms with Gasteiger partial charge in [0.25, 0.3) is 10.0 Å². The number of fused-ring (bicyclic) bond motifs is 4. The highest BCUT2D eigenvalue weighted by Crippen LogP contribution is 2.52. The second kappa shape index (κ2) is 11.2. The van der Waals surface area contributed by atoms with Crippen LogP contribution in [0.2, 0.25) is 0 Å². The number of hydrogen-bond acceptors (Lipinski definition) is 4. The van der Waals surface area contributed by atoms with Crippen LogP contribution in [0.15, 0.2) is 35.2 Å². The molecule has 0 radical (unpaired) electrons. The summed E-state index contributed by atoms with van der Waals surface area (Å²) in [5.41, 5.74) is 6.60. The van der Waals surface area contributed by atoms with E-state index in [2.05, 4.69) is 26.7 Å². The molecule has 8 nitrogen and oxygen atoms in total. The first-order valence-electron chi connectivity index (χ1n) is 16.0. The molecule has 0 saturated heterocycles. The topological polar surface area (TPSA) is 116 Å². The third kappa shape index (κ3) is 5.52. The van der Waals surface area contributed by atoms with Crippen molar-refractivity contribution in [1.29, 1.82) is 0 Å². The van der Waals surface area contributed by atoms with Gasteiger partial charge in [-0.05, 0) is 141 Å². The van der Waals surface area contributed by atoms with Crippen molar-refractivity contribution in [1.82, 2.24) is 15.4 Å². The Labute approximate surface area is 248 Å². The summed E-state index contributed by atoms with van der Waals surface area (Å²) in [6, 6.07) is 8.24. The normalized spacial score (nSPS) is 27.2. The van der Waals surface area contributed by atoms with Gasteiger partial charge in [-0.1, -0.05) is 24.6 Å². The Kier molecular flexibility index (Phi) is 7.41. The molecular formula is C33H42N4O4S. The van der Waals surface area contributed by atoms with E-state index in [-0.39, 0.29) is 17.0 Å². The van der Waals surface area contributed by atoms with Crippen LogP contribution in [0.3, 0.4) is 0 Å². The molecule has 3 fully saturated rings. The summed E-state index contributed by atoms with van der Waals surface area (Å²) < 4.78 is 28.2. The Bertz CT molecular complexity index is 1450. The van der Waals surface area contributed by atoms with Crippen LogP contribution in [0.1, 0.15) is 79.2 Å². The molecule has 42 heavy (non-hydrogen) atoms. The number of rotatable bonds is 7. The van der Waals surface area contributed by atoms with E-state index < -0.39 is 16.1 Å². The lowest BCUT2D eigenvalue weighted by molar-refractivity contribution is 0.00987. The maximum Gasteiger partial charge on any atom is 0.333 e. The van der Waals surface area contributed by atoms with E-state index in [9.17, 15) is 18.0 Å². The van der Waals surface area contributed by atoms with Gasteiger partial charge in [-0.15, -0.1) is 0 Å². The van der Waals surface area contributed by atoms with E-state index >= 15 is 0 Å². The van der Waals surface area contributed by atoms with Gasteiger partial charge in [0, 0.05) is 18.3 Å². The lowest BCUT2D eigenvalue weighted by atomic mass is 9.56. The van der Waals surface area contributed by atoms with E-state index in [0.29, 0.717) is 18.9 Å². The average Bonchev–Trinajstić information content (AvgIpc) is 3.62. The van der Waals surface area contributed by atoms with Crippen molar-refractivity contribution in [3.05, 3.63) is 58.1 Å². The number of carbonyl (C=O) groups excluding carboxylic acids is 2. The van der Waals surface area contributed by atoms with E-state index in [1.54, 1.807) is 12.1 Å². The van der Waals surface area contributed by atoms with Crippen molar-refractivity contribution in [3.8, 4) is 0 Å². The van der Waals surface area contributed by atoms with Gasteiger partial charge in [0.15, 0.2) is 0 Å². The summed E-state index contributed by atoms with van der Waals surface area (Å²) in [5, 5.41) is 9.17. The Hall–Kier alpha value is -3.07. The van der Waals surface area contributed by atoms with Gasteiger partial charge in [-0.2, -0.15) is 0 Å². The molecule has 2 aromatic carbocycles. The van der Waals surface area contributed by atoms with Gasteiger partial charge < -0.3 is 16.0 Å². The molecule has 5 aliphatic rings. The summed E-state index contributed by atoms with van der Waals surface area (Å²) in [7, 11) is -4.03. The molecule has 0 heterocycles. The van der Waals surface area contributed by atoms with Gasteiger partial charge in [0.05, 0.1) is 4.90 Å². The first-order chi connectivity index (χ1) is 20.3. The predicted molar refractivity (Wildman–Crippen MR) is 162 cm³/mol. The van der Waals surface area contributed by atoms with Crippen LogP contribution < -0.4 is 20.7 Å². The number of benzene rings is 2. The van der Waals surface area contributed by atoms with Crippen LogP contribution in [-0.2, 0) is 42.1 Å². The molecule has 3 bridgehead atoms. The van der Waals surface area contributed by atoms with Crippen molar-refractivity contribution in [2.24, 2.45) is 23.7 Å². The maximum absolute atomic E-state index is 13.0. The highest BCUT2D eigenvalue weighted by atomic mass is 32.2. The zero-order valence-electron chi connectivity index (χ0n) is 24.2. The van der Waals surface area contributed by atoms with Crippen LogP contribution in [-0.4, -0.2) is 33.1 Å². The fraction of sp³-hybridized carbons (Fsp3) is 0.576. The van der Waals surface area contributed by atoms with E-state index in [4.69, 9.17) is 0 Å². The molecule has 4 amide bonds. The second-order valence-electron chi connectivity index (χ2n) is 13.4. The molecular weight excluding hydrogens is 548 g/mol. The number of aryl methyl sites for hydroxylation is 2. The van der Waals surface area contributed by atoms with Crippen molar-refractivity contribution in [3.63, 3.8) is 0 Å². The van der Waals surface area contributed by atoms with Crippen LogP contribution in [0, 0.1) is 23.7 Å². The first-order valence-corrected chi connectivity index (χ1v) is 17.4. The number of sulfonamides is 1. The maximum atomic E-state index is 13.0. The molecule has 4 N–H and O–H groups in total. The van der Waals surface area contributed by atoms with Crippen LogP contribution in [0.25, 0.3) is 0 Å². The second-order valence-corrected chi connectivity index (χ2v) is 15.1. The highest BCUT2D eigenvalue weighted by molar-refractivity contribution is 7.90. The third-order valence-electron chi connectivity index (χ3n) is 10.7. The van der Waals surface area contributed by atoms with Gasteiger partial charge in [0.1, 0.15) is 0 Å². The summed E-state index contributed by atoms with van der Waals surface area (Å²) in [5.74, 6) is 3.11. The summed E-state index contributed by atoms with van der Waals surface area (Å²) >= 11 is 0. The summed E-state index contributed by atoms with van der Waals surface area (Å²) in [6.45, 7) is 0.469. The zero-order valence-corrected chi connectivity index (χ0v) is 25.0. The minimum atomic E-state index is -4.03. The SMILES string of the molecule is O=C(NCCc1ccc(S(=O)(=O)NC(=O)Nc2c3c(cc4c2CCC4)CCC3)cc1)N[C@H]1CC2CC3CCC1C(C3)C2. The van der Waals surface area contributed by atoms with Gasteiger partial charge >= 0.3 is 12.1 Å². The van der Waals surface area contributed by atoms with Crippen molar-refractivity contribution < 1.29 is 18.0 Å². The number of urea groups is 2. The zero-order chi connectivity index (χ0) is 28.8. The Balaban J connectivity index is 0.909. The standard InChI is InChI=1S/C33H42N4O4S/c38-32(35-30-18-22-15-21-9-12-27(30)25(16-21)17-22)34-14-13-20-7-10-26(11-8-20)42(40,41)37-33(39)36-31-28-5-1-3-23(28)19-24-4-2-6-29(24)31/h7-8,10-11,19,21-22,25,27,30H,1-6,9,12-18H2,(H2,34,35,38)(H2,36,37,39)/t21?,22?,25?,27?,30-/m0/s1. The minimum absolute atomic E-state index is 0.0354. The average molecular weight is 591 g/mol. The first kappa shape index (κ1) is 27.7. The van der Waals surface area contributed by atoms with Gasteiger partial charge in [-0.3, -0.25) is 0 Å². The Morgan fingerprint density at radius 3 is 2.26 bits per heavy atom. The molecule has 5 aliphatic carbocycles. The lowest BCUT2D eigenvalue weighted by Gasteiger charge is -2.52. The van der Waals surface area contributed by atoms with Crippen molar-refractivity contribution in [2.45, 2.75) is 94.4 Å². The number of hydrogen-bond donors (Lipinski definition) is 4. The van der Waals surface area contributed by atoms with E-state index in [1.165, 1.54) is 55.4 Å². The number of amides is 4. The predicted octanol–water partition coefficient (Wildman–Crippen LogP) is 5.23.